The van der Waals surface area contributed by atoms with E-state index in [9.17, 15) is 13.2 Å². The van der Waals surface area contributed by atoms with Crippen LogP contribution in [0.4, 0.5) is 5.69 Å². The van der Waals surface area contributed by atoms with Crippen LogP contribution in [0.15, 0.2) is 24.3 Å². The number of amides is 1. The average molecular weight is 348 g/mol. The van der Waals surface area contributed by atoms with Crippen molar-refractivity contribution in [3.05, 3.63) is 29.8 Å². The highest BCUT2D eigenvalue weighted by atomic mass is 32.2. The van der Waals surface area contributed by atoms with Crippen LogP contribution in [-0.4, -0.2) is 38.6 Å². The fourth-order valence-electron chi connectivity index (χ4n) is 2.81. The van der Waals surface area contributed by atoms with Gasteiger partial charge in [0.05, 0.1) is 17.5 Å². The summed E-state index contributed by atoms with van der Waals surface area (Å²) in [7, 11) is -1.38. The molecule has 1 saturated heterocycles. The molecule has 1 fully saturated rings. The van der Waals surface area contributed by atoms with E-state index in [1.165, 1.54) is 4.31 Å². The molecular formula is C18H24N2O3S. The van der Waals surface area contributed by atoms with E-state index in [0.717, 1.165) is 5.56 Å². The van der Waals surface area contributed by atoms with Crippen molar-refractivity contribution in [2.45, 2.75) is 38.6 Å². The van der Waals surface area contributed by atoms with Gasteiger partial charge < -0.3 is 4.90 Å². The molecule has 0 bridgehead atoms. The van der Waals surface area contributed by atoms with Crippen molar-refractivity contribution >= 4 is 21.6 Å². The first kappa shape index (κ1) is 18.3. The van der Waals surface area contributed by atoms with E-state index >= 15 is 0 Å². The first-order valence-electron chi connectivity index (χ1n) is 8.16. The third-order valence-corrected chi connectivity index (χ3v) is 6.32. The number of benzene rings is 1. The first-order valence-corrected chi connectivity index (χ1v) is 9.77. The van der Waals surface area contributed by atoms with E-state index in [-0.39, 0.29) is 17.7 Å². The summed E-state index contributed by atoms with van der Waals surface area (Å²) in [5.74, 6) is 2.81. The van der Waals surface area contributed by atoms with Gasteiger partial charge in [-0.05, 0) is 37.5 Å². The Morgan fingerprint density at radius 3 is 2.58 bits per heavy atom. The molecule has 0 radical (unpaired) electrons. The van der Waals surface area contributed by atoms with Crippen molar-refractivity contribution in [2.24, 2.45) is 0 Å². The lowest BCUT2D eigenvalue weighted by atomic mass is 10.1. The molecule has 1 amide bonds. The van der Waals surface area contributed by atoms with Crippen LogP contribution in [0.3, 0.4) is 0 Å². The Labute approximate surface area is 144 Å². The van der Waals surface area contributed by atoms with Crippen LogP contribution in [0.5, 0.6) is 0 Å². The molecular weight excluding hydrogens is 324 g/mol. The minimum Gasteiger partial charge on any atom is -0.339 e. The maximum atomic E-state index is 12.2. The highest BCUT2D eigenvalue weighted by Gasteiger charge is 2.28. The number of nitrogens with zero attached hydrogens (tertiary/aromatic N) is 2. The molecule has 1 unspecified atom stereocenters. The molecule has 1 atom stereocenters. The highest BCUT2D eigenvalue weighted by molar-refractivity contribution is 7.93. The smallest absolute Gasteiger partial charge is 0.235 e. The van der Waals surface area contributed by atoms with Crippen LogP contribution < -0.4 is 4.31 Å². The Hall–Kier alpha value is -2.00. The number of carbonyl (C=O) groups is 1. The SMILES string of the molecule is C#CCCCC(=O)N(C)C(C)c1ccc(N2CCCS2(=O)=O)cc1. The second kappa shape index (κ2) is 7.71. The number of anilines is 1. The predicted molar refractivity (Wildman–Crippen MR) is 96.1 cm³/mol. The van der Waals surface area contributed by atoms with Gasteiger partial charge in [0, 0.05) is 26.4 Å². The molecule has 1 aromatic carbocycles. The summed E-state index contributed by atoms with van der Waals surface area (Å²) in [4.78, 5) is 13.9. The summed E-state index contributed by atoms with van der Waals surface area (Å²) in [6.07, 6.45) is 7.60. The largest absolute Gasteiger partial charge is 0.339 e. The van der Waals surface area contributed by atoms with Gasteiger partial charge in [0.15, 0.2) is 0 Å². The zero-order chi connectivity index (χ0) is 17.7. The van der Waals surface area contributed by atoms with E-state index in [0.29, 0.717) is 37.9 Å². The van der Waals surface area contributed by atoms with Gasteiger partial charge >= 0.3 is 0 Å². The van der Waals surface area contributed by atoms with Crippen LogP contribution in [0.1, 0.15) is 44.2 Å². The molecule has 2 rings (SSSR count). The Balaban J connectivity index is 2.04. The second-order valence-electron chi connectivity index (χ2n) is 6.07. The van der Waals surface area contributed by atoms with Gasteiger partial charge in [-0.2, -0.15) is 0 Å². The van der Waals surface area contributed by atoms with E-state index in [2.05, 4.69) is 5.92 Å². The number of carbonyl (C=O) groups excluding carboxylic acids is 1. The summed E-state index contributed by atoms with van der Waals surface area (Å²) >= 11 is 0. The number of terminal acetylenes is 1. The number of rotatable bonds is 6. The van der Waals surface area contributed by atoms with E-state index in [1.807, 2.05) is 31.2 Å². The second-order valence-corrected chi connectivity index (χ2v) is 8.08. The fourth-order valence-corrected chi connectivity index (χ4v) is 4.37. The van der Waals surface area contributed by atoms with Crippen LogP contribution in [0.2, 0.25) is 0 Å². The van der Waals surface area contributed by atoms with Crippen molar-refractivity contribution in [1.82, 2.24) is 4.90 Å². The molecule has 0 N–H and O–H groups in total. The van der Waals surface area contributed by atoms with Gasteiger partial charge in [-0.25, -0.2) is 8.42 Å². The Morgan fingerprint density at radius 1 is 1.38 bits per heavy atom. The van der Waals surface area contributed by atoms with Gasteiger partial charge in [-0.15, -0.1) is 12.3 Å². The topological polar surface area (TPSA) is 57.7 Å². The van der Waals surface area contributed by atoms with Gasteiger partial charge in [-0.1, -0.05) is 12.1 Å². The maximum absolute atomic E-state index is 12.2. The van der Waals surface area contributed by atoms with Crippen molar-refractivity contribution in [2.75, 3.05) is 23.7 Å². The van der Waals surface area contributed by atoms with E-state index in [1.54, 1.807) is 11.9 Å². The molecule has 130 valence electrons. The van der Waals surface area contributed by atoms with Crippen LogP contribution in [0, 0.1) is 12.3 Å². The van der Waals surface area contributed by atoms with Crippen molar-refractivity contribution in [3.63, 3.8) is 0 Å². The molecule has 5 nitrogen and oxygen atoms in total. The van der Waals surface area contributed by atoms with Gasteiger partial charge in [0.25, 0.3) is 0 Å². The number of hydrogen-bond acceptors (Lipinski definition) is 3. The van der Waals surface area contributed by atoms with Crippen LogP contribution in [0.25, 0.3) is 0 Å². The third kappa shape index (κ3) is 4.09. The zero-order valence-electron chi connectivity index (χ0n) is 14.2. The first-order chi connectivity index (χ1) is 11.4. The van der Waals surface area contributed by atoms with Crippen LogP contribution >= 0.6 is 0 Å². The number of unbranched alkanes of at least 4 members (excludes halogenated alkanes) is 1. The third-order valence-electron chi connectivity index (χ3n) is 4.45. The minimum absolute atomic E-state index is 0.0592. The van der Waals surface area contributed by atoms with E-state index < -0.39 is 10.0 Å². The molecule has 6 heteroatoms. The molecule has 1 aliphatic rings. The minimum atomic E-state index is -3.16. The van der Waals surface area contributed by atoms with Crippen LogP contribution in [-0.2, 0) is 14.8 Å². The number of sulfonamides is 1. The van der Waals surface area contributed by atoms with E-state index in [4.69, 9.17) is 6.42 Å². The molecule has 1 aliphatic heterocycles. The Kier molecular flexibility index (Phi) is 5.89. The molecule has 0 spiro atoms. The molecule has 0 aliphatic carbocycles. The van der Waals surface area contributed by atoms with Gasteiger partial charge in [0.2, 0.25) is 15.9 Å². The van der Waals surface area contributed by atoms with Gasteiger partial charge in [0.1, 0.15) is 0 Å². The summed E-state index contributed by atoms with van der Waals surface area (Å²) < 4.78 is 25.4. The molecule has 1 heterocycles. The highest BCUT2D eigenvalue weighted by Crippen LogP contribution is 2.27. The standard InChI is InChI=1S/C18H24N2O3S/c1-4-5-6-8-18(21)19(3)15(2)16-9-11-17(12-10-16)20-13-7-14-24(20,22)23/h1,9-12,15H,5-8,13-14H2,2-3H3. The summed E-state index contributed by atoms with van der Waals surface area (Å²) in [6.45, 7) is 2.49. The quantitative estimate of drug-likeness (QED) is 0.586. The summed E-state index contributed by atoms with van der Waals surface area (Å²) in [6, 6.07) is 7.32. The van der Waals surface area contributed by atoms with Crippen molar-refractivity contribution in [3.8, 4) is 12.3 Å². The normalized spacial score (nSPS) is 17.3. The van der Waals surface area contributed by atoms with Crippen molar-refractivity contribution < 1.29 is 13.2 Å². The lowest BCUT2D eigenvalue weighted by Crippen LogP contribution is -2.29. The summed E-state index contributed by atoms with van der Waals surface area (Å²) in [5.41, 5.74) is 1.66. The average Bonchev–Trinajstić information content (AvgIpc) is 2.93. The Bertz CT molecular complexity index is 720. The lowest BCUT2D eigenvalue weighted by molar-refractivity contribution is -0.131. The molecule has 0 aromatic heterocycles. The van der Waals surface area contributed by atoms with Gasteiger partial charge in [-0.3, -0.25) is 9.10 Å². The summed E-state index contributed by atoms with van der Waals surface area (Å²) in [5, 5.41) is 0. The fraction of sp³-hybridized carbons (Fsp3) is 0.500. The lowest BCUT2D eigenvalue weighted by Gasteiger charge is -2.26. The molecule has 1 aromatic rings. The number of hydrogen-bond donors (Lipinski definition) is 0. The maximum Gasteiger partial charge on any atom is 0.235 e. The monoisotopic (exact) mass is 348 g/mol. The zero-order valence-corrected chi connectivity index (χ0v) is 15.1. The Morgan fingerprint density at radius 2 is 2.04 bits per heavy atom. The van der Waals surface area contributed by atoms with Crippen molar-refractivity contribution in [1.29, 1.82) is 0 Å². The molecule has 24 heavy (non-hydrogen) atoms. The predicted octanol–water partition coefficient (Wildman–Crippen LogP) is 2.55. The molecule has 0 saturated carbocycles.